The van der Waals surface area contributed by atoms with Crippen molar-refractivity contribution in [2.45, 2.75) is 25.3 Å². The summed E-state index contributed by atoms with van der Waals surface area (Å²) in [5.74, 6) is 1.17. The van der Waals surface area contributed by atoms with E-state index in [0.717, 1.165) is 48.3 Å². The molecular weight excluding hydrogens is 512 g/mol. The number of piperidine rings is 1. The van der Waals surface area contributed by atoms with Crippen LogP contribution in [-0.2, 0) is 16.6 Å². The number of aromatic nitrogens is 3. The highest BCUT2D eigenvalue weighted by Gasteiger charge is 2.25. The molecule has 0 unspecified atom stereocenters. The van der Waals surface area contributed by atoms with Gasteiger partial charge in [-0.25, -0.2) is 22.4 Å². The number of rotatable bonds is 7. The third-order valence-corrected chi connectivity index (χ3v) is 8.47. The first-order chi connectivity index (χ1) is 18.7. The molecule has 0 bridgehead atoms. The lowest BCUT2D eigenvalue weighted by Gasteiger charge is -2.32. The number of amides is 1. The summed E-state index contributed by atoms with van der Waals surface area (Å²) >= 11 is 0. The van der Waals surface area contributed by atoms with Crippen LogP contribution in [0, 0.1) is 0 Å². The topological polar surface area (TPSA) is 100 Å². The number of carbonyl (C=O) groups excluding carboxylic acids is 1. The van der Waals surface area contributed by atoms with E-state index in [1.54, 1.807) is 31.4 Å². The molecule has 204 valence electrons. The van der Waals surface area contributed by atoms with Crippen LogP contribution < -0.4 is 5.32 Å². The van der Waals surface area contributed by atoms with Gasteiger partial charge in [0.25, 0.3) is 5.91 Å². The molecule has 3 aromatic heterocycles. The van der Waals surface area contributed by atoms with Gasteiger partial charge in [0.2, 0.25) is 10.0 Å². The van der Waals surface area contributed by atoms with Crippen molar-refractivity contribution in [2.24, 2.45) is 0 Å². The number of nitrogens with one attached hydrogen (secondary N) is 1. The van der Waals surface area contributed by atoms with Gasteiger partial charge in [-0.05, 0) is 79.4 Å². The van der Waals surface area contributed by atoms with E-state index in [1.165, 1.54) is 15.8 Å². The van der Waals surface area contributed by atoms with E-state index >= 15 is 0 Å². The lowest BCUT2D eigenvalue weighted by molar-refractivity contribution is 0.0827. The summed E-state index contributed by atoms with van der Waals surface area (Å²) in [5, 5.41) is 3.81. The van der Waals surface area contributed by atoms with Crippen molar-refractivity contribution in [1.82, 2.24) is 23.7 Å². The summed E-state index contributed by atoms with van der Waals surface area (Å²) in [4.78, 5) is 25.0. The van der Waals surface area contributed by atoms with Gasteiger partial charge in [0.1, 0.15) is 5.82 Å². The Kier molecular flexibility index (Phi) is 7.42. The molecule has 1 amide bonds. The van der Waals surface area contributed by atoms with E-state index < -0.39 is 10.0 Å². The van der Waals surface area contributed by atoms with Crippen molar-refractivity contribution in [3.63, 3.8) is 0 Å². The van der Waals surface area contributed by atoms with Crippen LogP contribution in [0.25, 0.3) is 22.2 Å². The highest BCUT2D eigenvalue weighted by atomic mass is 32.2. The molecule has 1 aliphatic rings. The van der Waals surface area contributed by atoms with Gasteiger partial charge in [0, 0.05) is 56.6 Å². The van der Waals surface area contributed by atoms with Crippen molar-refractivity contribution < 1.29 is 13.2 Å². The summed E-state index contributed by atoms with van der Waals surface area (Å²) in [6.07, 6.45) is 6.59. The van der Waals surface area contributed by atoms with Gasteiger partial charge in [-0.15, -0.1) is 0 Å². The van der Waals surface area contributed by atoms with Gasteiger partial charge in [0.15, 0.2) is 5.65 Å². The van der Waals surface area contributed by atoms with Gasteiger partial charge in [-0.1, -0.05) is 12.1 Å². The summed E-state index contributed by atoms with van der Waals surface area (Å²) < 4.78 is 27.2. The van der Waals surface area contributed by atoms with Crippen LogP contribution >= 0.6 is 0 Å². The second kappa shape index (κ2) is 10.8. The summed E-state index contributed by atoms with van der Waals surface area (Å²) in [7, 11) is 1.75. The maximum absolute atomic E-state index is 12.9. The van der Waals surface area contributed by atoms with Crippen LogP contribution in [0.3, 0.4) is 0 Å². The fraction of sp³-hybridized carbons (Fsp3) is 0.345. The Morgan fingerprint density at radius 3 is 2.36 bits per heavy atom. The van der Waals surface area contributed by atoms with E-state index in [0.29, 0.717) is 29.4 Å². The summed E-state index contributed by atoms with van der Waals surface area (Å²) in [6, 6.07) is 15.6. The minimum atomic E-state index is -3.58. The first-order valence-corrected chi connectivity index (χ1v) is 14.9. The number of nitrogens with zero attached hydrogens (tertiary/aromatic N) is 5. The molecule has 5 rings (SSSR count). The largest absolute Gasteiger partial charge is 0.373 e. The Bertz CT molecular complexity index is 1590. The van der Waals surface area contributed by atoms with E-state index in [-0.39, 0.29) is 5.91 Å². The number of benzene rings is 1. The number of hydrogen-bond acceptors (Lipinski definition) is 7. The van der Waals surface area contributed by atoms with Gasteiger partial charge in [-0.2, -0.15) is 0 Å². The lowest BCUT2D eigenvalue weighted by Crippen LogP contribution is -2.33. The Balaban J connectivity index is 1.37. The smallest absolute Gasteiger partial charge is 0.253 e. The summed E-state index contributed by atoms with van der Waals surface area (Å²) in [5.41, 5.74) is 4.87. The van der Waals surface area contributed by atoms with Crippen molar-refractivity contribution in [1.29, 1.82) is 0 Å². The van der Waals surface area contributed by atoms with Crippen LogP contribution in [0.5, 0.6) is 0 Å². The maximum Gasteiger partial charge on any atom is 0.253 e. The molecule has 0 aliphatic carbocycles. The first-order valence-electron chi connectivity index (χ1n) is 13.0. The van der Waals surface area contributed by atoms with Crippen LogP contribution in [-0.4, -0.2) is 78.6 Å². The number of carbonyl (C=O) groups is 1. The fourth-order valence-electron chi connectivity index (χ4n) is 5.37. The molecule has 9 nitrogen and oxygen atoms in total. The number of likely N-dealkylation sites (tertiary alicyclic amines) is 1. The molecule has 1 saturated heterocycles. The van der Waals surface area contributed by atoms with Crippen molar-refractivity contribution in [3.8, 4) is 11.1 Å². The maximum atomic E-state index is 12.9. The third kappa shape index (κ3) is 5.53. The van der Waals surface area contributed by atoms with Gasteiger partial charge >= 0.3 is 0 Å². The fourth-order valence-corrected chi connectivity index (χ4v) is 6.37. The van der Waals surface area contributed by atoms with E-state index in [4.69, 9.17) is 0 Å². The highest BCUT2D eigenvalue weighted by molar-refractivity contribution is 7.89. The number of hydrogen-bond donors (Lipinski definition) is 1. The predicted molar refractivity (Wildman–Crippen MR) is 154 cm³/mol. The van der Waals surface area contributed by atoms with Crippen LogP contribution in [0.15, 0.2) is 60.9 Å². The zero-order chi connectivity index (χ0) is 27.7. The average Bonchev–Trinajstić information content (AvgIpc) is 3.32. The molecule has 1 fully saturated rings. The number of anilines is 1. The second-order valence-corrected chi connectivity index (χ2v) is 12.1. The molecule has 39 heavy (non-hydrogen) atoms. The molecule has 4 heterocycles. The molecule has 1 aliphatic heterocycles. The Morgan fingerprint density at radius 2 is 1.77 bits per heavy atom. The molecule has 4 aromatic rings. The Hall–Kier alpha value is -3.76. The SMILES string of the molecule is CNc1ccc(-c2ccnc3c2cc(CN2CCC(c4ccc(C(=O)N(C)C)cc4)CC2)n3S(C)(=O)=O)cn1. The molecule has 0 saturated carbocycles. The first kappa shape index (κ1) is 26.8. The lowest BCUT2D eigenvalue weighted by atomic mass is 9.89. The molecule has 1 aromatic carbocycles. The molecule has 0 radical (unpaired) electrons. The van der Waals surface area contributed by atoms with Crippen molar-refractivity contribution in [2.75, 3.05) is 45.8 Å². The monoisotopic (exact) mass is 546 g/mol. The number of pyridine rings is 2. The molecule has 10 heteroatoms. The molecule has 0 atom stereocenters. The quantitative estimate of drug-likeness (QED) is 0.374. The average molecular weight is 547 g/mol. The van der Waals surface area contributed by atoms with E-state index in [9.17, 15) is 13.2 Å². The van der Waals surface area contributed by atoms with Crippen LogP contribution in [0.4, 0.5) is 5.82 Å². The highest BCUT2D eigenvalue weighted by Crippen LogP contribution is 2.33. The minimum absolute atomic E-state index is 0.00141. The van der Waals surface area contributed by atoms with E-state index in [2.05, 4.69) is 32.3 Å². The third-order valence-electron chi connectivity index (χ3n) is 7.40. The second-order valence-electron chi connectivity index (χ2n) is 10.3. The Labute approximate surface area is 229 Å². The van der Waals surface area contributed by atoms with Gasteiger partial charge < -0.3 is 10.2 Å². The zero-order valence-electron chi connectivity index (χ0n) is 22.8. The predicted octanol–water partition coefficient (Wildman–Crippen LogP) is 4.03. The van der Waals surface area contributed by atoms with Gasteiger partial charge in [0.05, 0.1) is 11.9 Å². The van der Waals surface area contributed by atoms with Crippen LogP contribution in [0.1, 0.15) is 40.4 Å². The minimum Gasteiger partial charge on any atom is -0.373 e. The molecule has 0 spiro atoms. The standard InChI is InChI=1S/C29H34N6O3S/c1-30-27-10-9-23(18-32-27)25-11-14-31-28-26(25)17-24(35(28)39(4,37)38)19-34-15-12-21(13-16-34)20-5-7-22(8-6-20)29(36)33(2)3/h5-11,14,17-18,21H,12-13,15-16,19H2,1-4H3,(H,30,32). The van der Waals surface area contributed by atoms with E-state index in [1.807, 2.05) is 43.4 Å². The normalized spacial score (nSPS) is 15.0. The number of fused-ring (bicyclic) bond motifs is 1. The summed E-state index contributed by atoms with van der Waals surface area (Å²) in [6.45, 7) is 2.22. The molecular formula is C29H34N6O3S. The van der Waals surface area contributed by atoms with Gasteiger partial charge in [-0.3, -0.25) is 9.69 Å². The van der Waals surface area contributed by atoms with Crippen LogP contribution in [0.2, 0.25) is 0 Å². The van der Waals surface area contributed by atoms with Crippen molar-refractivity contribution >= 4 is 32.8 Å². The zero-order valence-corrected chi connectivity index (χ0v) is 23.6. The van der Waals surface area contributed by atoms with Crippen molar-refractivity contribution in [3.05, 3.63) is 77.7 Å². The molecule has 1 N–H and O–H groups in total. The Morgan fingerprint density at radius 1 is 1.05 bits per heavy atom.